The molecular formula is C69H42IrN5OPt. The summed E-state index contributed by atoms with van der Waals surface area (Å²) in [5.41, 5.74) is 19.9. The molecule has 6 nitrogen and oxygen atoms in total. The van der Waals surface area contributed by atoms with Crippen LogP contribution in [0.5, 0.6) is 11.8 Å². The van der Waals surface area contributed by atoms with Crippen LogP contribution < -0.4 is 4.74 Å². The Morgan fingerprint density at radius 2 is 0.883 bits per heavy atom. The van der Waals surface area contributed by atoms with Crippen molar-refractivity contribution in [3.8, 4) is 124 Å². The van der Waals surface area contributed by atoms with Crippen LogP contribution >= 0.6 is 0 Å². The van der Waals surface area contributed by atoms with Crippen LogP contribution in [0.2, 0.25) is 0 Å². The fraction of sp³-hybridized carbons (Fsp3) is 0.0290. The fourth-order valence-corrected chi connectivity index (χ4v) is 9.85. The van der Waals surface area contributed by atoms with Crippen molar-refractivity contribution >= 4 is 0 Å². The molecule has 0 saturated carbocycles. The van der Waals surface area contributed by atoms with E-state index in [9.17, 15) is 0 Å². The van der Waals surface area contributed by atoms with Gasteiger partial charge in [0, 0.05) is 18.6 Å². The van der Waals surface area contributed by atoms with Crippen LogP contribution in [0.3, 0.4) is 0 Å². The van der Waals surface area contributed by atoms with E-state index in [1.165, 1.54) is 0 Å². The van der Waals surface area contributed by atoms with Gasteiger partial charge in [0.25, 0.3) is 0 Å². The Hall–Kier alpha value is -8.57. The molecule has 0 fully saturated rings. The Labute approximate surface area is 476 Å². The van der Waals surface area contributed by atoms with Gasteiger partial charge in [-0.15, -0.1) is 107 Å². The van der Waals surface area contributed by atoms with Gasteiger partial charge in [-0.1, -0.05) is 116 Å². The number of nitrogens with zero attached hydrogens (tertiary/aromatic N) is 5. The number of hydrogen-bond donors (Lipinski definition) is 0. The Kier molecular flexibility index (Phi) is 14.9. The molecular weight excluding hydrogens is 1300 g/mol. The minimum Gasteiger partial charge on any atom is -0.422 e. The molecule has 8 aromatic carbocycles. The number of benzene rings is 8. The molecule has 0 amide bonds. The minimum atomic E-state index is 0. The van der Waals surface area contributed by atoms with Gasteiger partial charge in [0.1, 0.15) is 0 Å². The van der Waals surface area contributed by atoms with Gasteiger partial charge in [0.15, 0.2) is 0 Å². The molecule has 0 atom stereocenters. The summed E-state index contributed by atoms with van der Waals surface area (Å²) in [5, 5.41) is 0. The van der Waals surface area contributed by atoms with Gasteiger partial charge in [0.05, 0.1) is 5.56 Å². The van der Waals surface area contributed by atoms with Gasteiger partial charge in [-0.25, -0.2) is 23.3 Å². The molecule has 12 aromatic rings. The van der Waals surface area contributed by atoms with Crippen molar-refractivity contribution in [2.45, 2.75) is 12.8 Å². The smallest absolute Gasteiger partial charge is 0.422 e. The topological polar surface area (TPSA) is 73.7 Å². The standard InChI is InChI=1S/C69H42N5O.Ir.Pt/c1-3-18-48(19-4-1)64-36-34-52(43-70-64)57-24-7-9-26-59(57)54-40-55(60-27-10-8-25-58(60)53-35-37-65(71-44-53)49-20-5-2-6-21-49)42-56(41-54)61-28-11-12-29-62(61)63-45-72-68-51-23-14-17-47(39-51)33-32-46-16-13-22-50(38-46)66-30-15-31-67(73-66)75-69(63)74-68;;/h1-18,20,22,24-31,34-37,40-45H,32-33H2;;/q-5;+3;+2. The SMILES string of the molecule is [Ir+3].[Pt+2].[c-]1ccc2[c-]c1-c1ncc(-c3ccccc3-c3cc(-c4ccccc4-c4ccc(-c5[c-]cccc5)nc4)cc(-c4ccccc4-c4ccc(-c5[c-]cccc5)nc4)c3)c(n1)Oc1cccc(n1)-c1[c-]c(ccc1)CC2. The molecule has 5 heterocycles. The van der Waals surface area contributed by atoms with Crippen molar-refractivity contribution in [2.24, 2.45) is 0 Å². The first-order valence-electron chi connectivity index (χ1n) is 24.9. The molecule has 4 aromatic heterocycles. The van der Waals surface area contributed by atoms with E-state index < -0.39 is 0 Å². The van der Waals surface area contributed by atoms with Crippen molar-refractivity contribution in [3.05, 3.63) is 272 Å². The van der Waals surface area contributed by atoms with E-state index in [0.717, 1.165) is 119 Å². The summed E-state index contributed by atoms with van der Waals surface area (Å²) >= 11 is 0. The minimum absolute atomic E-state index is 0. The predicted molar refractivity (Wildman–Crippen MR) is 298 cm³/mol. The van der Waals surface area contributed by atoms with E-state index in [-0.39, 0.29) is 41.2 Å². The number of fused-ring (bicyclic) bond motifs is 10. The molecule has 0 radical (unpaired) electrons. The Bertz CT molecular complexity index is 3900. The van der Waals surface area contributed by atoms with E-state index in [2.05, 4.69) is 152 Å². The number of aromatic nitrogens is 5. The zero-order valence-electron chi connectivity index (χ0n) is 41.1. The Balaban J connectivity index is 0.00000315. The van der Waals surface area contributed by atoms with E-state index in [1.807, 2.05) is 110 Å². The molecule has 0 aliphatic carbocycles. The number of hydrogen-bond acceptors (Lipinski definition) is 6. The fourth-order valence-electron chi connectivity index (χ4n) is 9.85. The van der Waals surface area contributed by atoms with E-state index >= 15 is 0 Å². The zero-order chi connectivity index (χ0) is 49.9. The van der Waals surface area contributed by atoms with Crippen molar-refractivity contribution in [2.75, 3.05) is 0 Å². The zero-order valence-corrected chi connectivity index (χ0v) is 45.8. The van der Waals surface area contributed by atoms with Gasteiger partial charge in [-0.3, -0.25) is 22.1 Å². The van der Waals surface area contributed by atoms with E-state index in [1.54, 1.807) is 0 Å². The van der Waals surface area contributed by atoms with E-state index in [4.69, 9.17) is 29.7 Å². The largest absolute Gasteiger partial charge is 3.00 e. The number of ether oxygens (including phenoxy) is 1. The van der Waals surface area contributed by atoms with Crippen LogP contribution in [0.25, 0.3) is 112 Å². The Morgan fingerprint density at radius 3 is 1.44 bits per heavy atom. The van der Waals surface area contributed by atoms with Gasteiger partial charge in [-0.05, 0) is 115 Å². The third kappa shape index (κ3) is 10.7. The van der Waals surface area contributed by atoms with Crippen LogP contribution in [-0.2, 0) is 54.0 Å². The molecule has 77 heavy (non-hydrogen) atoms. The molecule has 368 valence electrons. The molecule has 8 heteroatoms. The van der Waals surface area contributed by atoms with Crippen molar-refractivity contribution in [1.29, 1.82) is 0 Å². The van der Waals surface area contributed by atoms with Crippen LogP contribution in [0.4, 0.5) is 0 Å². The number of aryl methyl sites for hydroxylation is 2. The van der Waals surface area contributed by atoms with E-state index in [0.29, 0.717) is 28.7 Å². The Morgan fingerprint density at radius 1 is 0.364 bits per heavy atom. The second-order valence-corrected chi connectivity index (χ2v) is 18.3. The summed E-state index contributed by atoms with van der Waals surface area (Å²) in [4.78, 5) is 25.0. The summed E-state index contributed by atoms with van der Waals surface area (Å²) in [6, 6.07) is 89.7. The van der Waals surface area contributed by atoms with Gasteiger partial charge < -0.3 is 19.7 Å². The van der Waals surface area contributed by atoms with Gasteiger partial charge in [0.2, 0.25) is 11.8 Å². The normalized spacial score (nSPS) is 11.4. The molecule has 0 N–H and O–H groups in total. The summed E-state index contributed by atoms with van der Waals surface area (Å²) in [6.07, 6.45) is 7.33. The summed E-state index contributed by atoms with van der Waals surface area (Å²) in [7, 11) is 0. The molecule has 0 saturated heterocycles. The van der Waals surface area contributed by atoms with Gasteiger partial charge in [-0.2, -0.15) is 0 Å². The van der Waals surface area contributed by atoms with Gasteiger partial charge >= 0.3 is 41.2 Å². The molecule has 0 spiro atoms. The van der Waals surface area contributed by atoms with Crippen LogP contribution in [0.1, 0.15) is 11.1 Å². The summed E-state index contributed by atoms with van der Waals surface area (Å²) in [6.45, 7) is 0. The quantitative estimate of drug-likeness (QED) is 0.141. The molecule has 1 aliphatic heterocycles. The third-order valence-electron chi connectivity index (χ3n) is 13.6. The predicted octanol–water partition coefficient (Wildman–Crippen LogP) is 16.2. The van der Waals surface area contributed by atoms with Crippen LogP contribution in [0, 0.1) is 30.3 Å². The maximum Gasteiger partial charge on any atom is 3.00 e. The van der Waals surface area contributed by atoms with Crippen molar-refractivity contribution in [1.82, 2.24) is 24.9 Å². The van der Waals surface area contributed by atoms with Crippen molar-refractivity contribution in [3.63, 3.8) is 0 Å². The number of rotatable bonds is 8. The second kappa shape index (κ2) is 22.7. The maximum absolute atomic E-state index is 6.82. The summed E-state index contributed by atoms with van der Waals surface area (Å²) < 4.78 is 6.82. The molecule has 1 aliphatic rings. The second-order valence-electron chi connectivity index (χ2n) is 18.3. The average molecular weight is 1340 g/mol. The monoisotopic (exact) mass is 1340 g/mol. The number of pyridine rings is 3. The molecule has 8 bridgehead atoms. The van der Waals surface area contributed by atoms with Crippen LogP contribution in [0.15, 0.2) is 231 Å². The van der Waals surface area contributed by atoms with Crippen LogP contribution in [-0.4, -0.2) is 24.9 Å². The van der Waals surface area contributed by atoms with Crippen molar-refractivity contribution < 1.29 is 45.9 Å². The summed E-state index contributed by atoms with van der Waals surface area (Å²) in [5.74, 6) is 1.22. The first-order chi connectivity index (χ1) is 37.1. The average Bonchev–Trinajstić information content (AvgIpc) is 3.52. The molecule has 13 rings (SSSR count). The maximum atomic E-state index is 6.82. The third-order valence-corrected chi connectivity index (χ3v) is 13.6. The first kappa shape index (κ1) is 50.6. The molecule has 0 unspecified atom stereocenters. The first-order valence-corrected chi connectivity index (χ1v) is 24.9.